The van der Waals surface area contributed by atoms with Crippen molar-refractivity contribution in [1.29, 1.82) is 0 Å². The summed E-state index contributed by atoms with van der Waals surface area (Å²) in [6, 6.07) is 2.03. The van der Waals surface area contributed by atoms with Crippen molar-refractivity contribution in [2.24, 2.45) is 0 Å². The Morgan fingerprint density at radius 3 is 2.38 bits per heavy atom. The molecule has 0 spiro atoms. The van der Waals surface area contributed by atoms with Crippen LogP contribution in [0.4, 0.5) is 0 Å². The van der Waals surface area contributed by atoms with Crippen molar-refractivity contribution in [2.45, 2.75) is 71.2 Å². The second-order valence-electron chi connectivity index (χ2n) is 6.97. The van der Waals surface area contributed by atoms with Gasteiger partial charge in [-0.05, 0) is 53.0 Å². The molecule has 2 aliphatic rings. The van der Waals surface area contributed by atoms with Gasteiger partial charge in [0.2, 0.25) is 0 Å². The van der Waals surface area contributed by atoms with E-state index in [0.29, 0.717) is 6.10 Å². The molecule has 2 fully saturated rings. The minimum absolute atomic E-state index is 0.335. The zero-order valence-corrected chi connectivity index (χ0v) is 13.6. The smallest absolute Gasteiger partial charge is 0.489 e. The Hall–Kier alpha value is -1.07. The molecule has 2 heterocycles. The van der Waals surface area contributed by atoms with Crippen molar-refractivity contribution in [2.75, 3.05) is 0 Å². The van der Waals surface area contributed by atoms with Crippen LogP contribution >= 0.6 is 0 Å². The summed E-state index contributed by atoms with van der Waals surface area (Å²) in [5, 5.41) is 0. The molecule has 4 nitrogen and oxygen atoms in total. The van der Waals surface area contributed by atoms with E-state index in [9.17, 15) is 0 Å². The van der Waals surface area contributed by atoms with Gasteiger partial charge in [0.1, 0.15) is 5.75 Å². The third kappa shape index (κ3) is 2.81. The third-order valence-electron chi connectivity index (χ3n) is 4.63. The van der Waals surface area contributed by atoms with E-state index in [1.807, 2.05) is 12.3 Å². The summed E-state index contributed by atoms with van der Waals surface area (Å²) in [5.41, 5.74) is 1.26. The first-order chi connectivity index (χ1) is 9.82. The fraction of sp³-hybridized carbons (Fsp3) is 0.688. The first-order valence-corrected chi connectivity index (χ1v) is 7.83. The summed E-state index contributed by atoms with van der Waals surface area (Å²) in [6.07, 6.45) is 5.37. The van der Waals surface area contributed by atoms with Crippen molar-refractivity contribution in [3.05, 3.63) is 18.0 Å². The molecule has 0 radical (unpaired) electrons. The molecule has 0 bridgehead atoms. The van der Waals surface area contributed by atoms with Gasteiger partial charge in [0.15, 0.2) is 0 Å². The van der Waals surface area contributed by atoms with Gasteiger partial charge in [0.25, 0.3) is 0 Å². The van der Waals surface area contributed by atoms with Crippen molar-refractivity contribution >= 4 is 12.6 Å². The van der Waals surface area contributed by atoms with Gasteiger partial charge in [-0.25, -0.2) is 0 Å². The van der Waals surface area contributed by atoms with Crippen LogP contribution in [0.3, 0.4) is 0 Å². The van der Waals surface area contributed by atoms with Gasteiger partial charge in [-0.3, -0.25) is 4.98 Å². The average molecular weight is 289 g/mol. The van der Waals surface area contributed by atoms with Gasteiger partial charge >= 0.3 is 7.12 Å². The largest absolute Gasteiger partial charge is 0.496 e. The van der Waals surface area contributed by atoms with E-state index in [2.05, 4.69) is 39.6 Å². The molecular formula is C16H24BNO3. The highest BCUT2D eigenvalue weighted by molar-refractivity contribution is 6.62. The molecular weight excluding hydrogens is 265 g/mol. The van der Waals surface area contributed by atoms with E-state index < -0.39 is 0 Å². The second-order valence-corrected chi connectivity index (χ2v) is 6.97. The van der Waals surface area contributed by atoms with E-state index in [0.717, 1.165) is 36.2 Å². The van der Waals surface area contributed by atoms with E-state index >= 15 is 0 Å². The van der Waals surface area contributed by atoms with Crippen LogP contribution in [0.25, 0.3) is 0 Å². The van der Waals surface area contributed by atoms with Crippen LogP contribution in [0, 0.1) is 0 Å². The summed E-state index contributed by atoms with van der Waals surface area (Å²) in [6.45, 7) is 10.3. The molecule has 1 aromatic rings. The fourth-order valence-electron chi connectivity index (χ4n) is 2.33. The Kier molecular flexibility index (Phi) is 3.53. The van der Waals surface area contributed by atoms with Gasteiger partial charge in [0.05, 0.1) is 23.0 Å². The quantitative estimate of drug-likeness (QED) is 0.798. The standard InChI is InChI=1S/C16H24BNO3/c1-6-13-14(19-12-7-8-12)9-11(10-18-13)17-20-15(2,3)16(4,5)21-17/h9-10,12H,6-8H2,1-5H3. The topological polar surface area (TPSA) is 40.6 Å². The molecule has 1 saturated heterocycles. The van der Waals surface area contributed by atoms with Gasteiger partial charge in [-0.15, -0.1) is 0 Å². The van der Waals surface area contributed by atoms with E-state index in [1.165, 1.54) is 0 Å². The Morgan fingerprint density at radius 2 is 1.86 bits per heavy atom. The Labute approximate surface area is 127 Å². The van der Waals surface area contributed by atoms with Crippen LogP contribution in [-0.2, 0) is 15.7 Å². The molecule has 1 aliphatic carbocycles. The number of aryl methyl sites for hydroxylation is 1. The maximum atomic E-state index is 6.08. The zero-order valence-electron chi connectivity index (χ0n) is 13.6. The lowest BCUT2D eigenvalue weighted by molar-refractivity contribution is 0.00578. The summed E-state index contributed by atoms with van der Waals surface area (Å²) < 4.78 is 18.1. The lowest BCUT2D eigenvalue weighted by Gasteiger charge is -2.32. The molecule has 0 N–H and O–H groups in total. The van der Waals surface area contributed by atoms with Crippen LogP contribution in [0.5, 0.6) is 5.75 Å². The second kappa shape index (κ2) is 4.99. The molecule has 3 rings (SSSR count). The van der Waals surface area contributed by atoms with Crippen LogP contribution < -0.4 is 10.2 Å². The third-order valence-corrected chi connectivity index (χ3v) is 4.63. The highest BCUT2D eigenvalue weighted by Crippen LogP contribution is 2.37. The van der Waals surface area contributed by atoms with Crippen molar-refractivity contribution in [3.63, 3.8) is 0 Å². The van der Waals surface area contributed by atoms with Gasteiger partial charge in [-0.1, -0.05) is 6.92 Å². The highest BCUT2D eigenvalue weighted by atomic mass is 16.7. The zero-order chi connectivity index (χ0) is 15.3. The predicted molar refractivity (Wildman–Crippen MR) is 83.0 cm³/mol. The minimum atomic E-state index is -0.380. The molecule has 1 aliphatic heterocycles. The molecule has 0 atom stereocenters. The van der Waals surface area contributed by atoms with Crippen LogP contribution in [0.15, 0.2) is 12.3 Å². The molecule has 1 aromatic heterocycles. The molecule has 0 aromatic carbocycles. The van der Waals surface area contributed by atoms with Crippen LogP contribution in [-0.4, -0.2) is 29.4 Å². The molecule has 1 saturated carbocycles. The van der Waals surface area contributed by atoms with E-state index in [-0.39, 0.29) is 18.3 Å². The molecule has 0 amide bonds. The summed E-state index contributed by atoms with van der Waals surface area (Å²) in [4.78, 5) is 4.53. The van der Waals surface area contributed by atoms with Crippen molar-refractivity contribution in [1.82, 2.24) is 4.98 Å². The molecule has 114 valence electrons. The first kappa shape index (κ1) is 14.9. The average Bonchev–Trinajstić information content (AvgIpc) is 3.17. The Balaban J connectivity index is 1.86. The molecule has 5 heteroatoms. The lowest BCUT2D eigenvalue weighted by Crippen LogP contribution is -2.41. The normalized spacial score (nSPS) is 23.4. The predicted octanol–water partition coefficient (Wildman–Crippen LogP) is 2.48. The fourth-order valence-corrected chi connectivity index (χ4v) is 2.33. The Morgan fingerprint density at radius 1 is 1.24 bits per heavy atom. The van der Waals surface area contributed by atoms with Gasteiger partial charge in [-0.2, -0.15) is 0 Å². The van der Waals surface area contributed by atoms with Crippen molar-refractivity contribution in [3.8, 4) is 5.75 Å². The van der Waals surface area contributed by atoms with Gasteiger partial charge < -0.3 is 14.0 Å². The lowest BCUT2D eigenvalue weighted by atomic mass is 9.80. The molecule has 21 heavy (non-hydrogen) atoms. The first-order valence-electron chi connectivity index (χ1n) is 7.83. The maximum absolute atomic E-state index is 6.08. The SMILES string of the molecule is CCc1ncc(B2OC(C)(C)C(C)(C)O2)cc1OC1CC1. The summed E-state index contributed by atoms with van der Waals surface area (Å²) in [7, 11) is -0.380. The number of rotatable bonds is 4. The number of pyridine rings is 1. The number of aromatic nitrogens is 1. The Bertz CT molecular complexity index is 524. The number of hydrogen-bond donors (Lipinski definition) is 0. The van der Waals surface area contributed by atoms with E-state index in [1.54, 1.807) is 0 Å². The van der Waals surface area contributed by atoms with Gasteiger partial charge in [0, 0.05) is 11.7 Å². The maximum Gasteiger partial charge on any atom is 0.496 e. The minimum Gasteiger partial charge on any atom is -0.489 e. The summed E-state index contributed by atoms with van der Waals surface area (Å²) >= 11 is 0. The number of hydrogen-bond acceptors (Lipinski definition) is 4. The molecule has 0 unspecified atom stereocenters. The number of nitrogens with zero attached hydrogens (tertiary/aromatic N) is 1. The number of ether oxygens (including phenoxy) is 1. The van der Waals surface area contributed by atoms with Crippen LogP contribution in [0.1, 0.15) is 53.2 Å². The highest BCUT2D eigenvalue weighted by Gasteiger charge is 2.52. The monoisotopic (exact) mass is 289 g/mol. The van der Waals surface area contributed by atoms with Crippen molar-refractivity contribution < 1.29 is 14.0 Å². The summed E-state index contributed by atoms with van der Waals surface area (Å²) in [5.74, 6) is 0.882. The van der Waals surface area contributed by atoms with Crippen LogP contribution in [0.2, 0.25) is 0 Å². The van der Waals surface area contributed by atoms with E-state index in [4.69, 9.17) is 14.0 Å².